The molecule has 93 valence electrons. The van der Waals surface area contributed by atoms with Gasteiger partial charge in [-0.1, -0.05) is 0 Å². The fraction of sp³-hybridized carbons (Fsp3) is 0. The Bertz CT molecular complexity index is 527. The van der Waals surface area contributed by atoms with Crippen LogP contribution in [0.25, 0.3) is 0 Å². The summed E-state index contributed by atoms with van der Waals surface area (Å²) in [7, 11) is -4.47. The van der Waals surface area contributed by atoms with Crippen molar-refractivity contribution in [3.63, 3.8) is 0 Å². The van der Waals surface area contributed by atoms with Crippen molar-refractivity contribution >= 4 is 19.2 Å². The Morgan fingerprint density at radius 2 is 1.82 bits per heavy atom. The molecule has 0 aliphatic heterocycles. The van der Waals surface area contributed by atoms with Crippen LogP contribution < -0.4 is 14.3 Å². The van der Waals surface area contributed by atoms with Crippen LogP contribution in [0.2, 0.25) is 0 Å². The van der Waals surface area contributed by atoms with Crippen LogP contribution in [0.15, 0.2) is 17.0 Å². The molecule has 0 spiro atoms. The molecule has 0 unspecified atom stereocenters. The van der Waals surface area contributed by atoms with Gasteiger partial charge in [0.05, 0.1) is 0 Å². The third-order valence-electron chi connectivity index (χ3n) is 1.67. The number of carbonyl (C=O) groups is 1. The van der Waals surface area contributed by atoms with Crippen LogP contribution in [0.4, 0.5) is 0 Å². The van der Waals surface area contributed by atoms with E-state index in [9.17, 15) is 18.3 Å². The van der Waals surface area contributed by atoms with Gasteiger partial charge in [-0.2, -0.15) is 0 Å². The topological polar surface area (TPSA) is 183 Å². The van der Waals surface area contributed by atoms with Crippen LogP contribution in [-0.4, -0.2) is 29.5 Å². The third-order valence-corrected chi connectivity index (χ3v) is 4.54. The Hall–Kier alpha value is -0.745. The van der Waals surface area contributed by atoms with E-state index in [1.807, 2.05) is 0 Å². The van der Waals surface area contributed by atoms with Crippen molar-refractivity contribution in [3.8, 4) is 5.75 Å². The van der Waals surface area contributed by atoms with Crippen molar-refractivity contribution in [1.29, 1.82) is 0 Å². The van der Waals surface area contributed by atoms with E-state index < -0.39 is 32.3 Å². The summed E-state index contributed by atoms with van der Waals surface area (Å²) in [6.07, 6.45) is 0. The van der Waals surface area contributed by atoms with Gasteiger partial charge < -0.3 is 11.6 Å². The Kier molecular flexibility index (Phi) is 6.85. The molecule has 0 aromatic heterocycles. The zero-order valence-corrected chi connectivity index (χ0v) is 15.1. The van der Waals surface area contributed by atoms with Gasteiger partial charge >= 0.3 is 102 Å². The van der Waals surface area contributed by atoms with Crippen LogP contribution in [-0.2, 0) is 36.2 Å². The molecule has 17 heavy (non-hydrogen) atoms. The molecule has 0 atom stereocenters. The van der Waals surface area contributed by atoms with Gasteiger partial charge in [-0.25, -0.2) is 0 Å². The van der Waals surface area contributed by atoms with Gasteiger partial charge in [-0.15, -0.1) is 0 Å². The molecule has 0 bridgehead atoms. The quantitative estimate of drug-likeness (QED) is 0.359. The molecular weight excluding hydrogens is 443 g/mol. The van der Waals surface area contributed by atoms with E-state index in [1.54, 1.807) is 0 Å². The summed E-state index contributed by atoms with van der Waals surface area (Å²) in [6.45, 7) is 0. The van der Waals surface area contributed by atoms with Gasteiger partial charge in [-0.3, -0.25) is 0 Å². The summed E-state index contributed by atoms with van der Waals surface area (Å²) >= 11 is -0.225. The summed E-state index contributed by atoms with van der Waals surface area (Å²) in [5, 5.41) is 19.9. The minimum atomic E-state index is -4.47. The second-order valence-corrected chi connectivity index (χ2v) is 7.12. The van der Waals surface area contributed by atoms with E-state index in [1.165, 1.54) is 0 Å². The summed E-state index contributed by atoms with van der Waals surface area (Å²) in [5.41, 5.74) is -0.630. The van der Waals surface area contributed by atoms with Crippen molar-refractivity contribution in [2.75, 3.05) is 0 Å². The molecule has 0 heterocycles. The maximum atomic E-state index is 11.3. The number of quaternary nitrogens is 1. The number of hydrogen-bond acceptors (Lipinski definition) is 4. The molecule has 0 aliphatic carbocycles. The van der Waals surface area contributed by atoms with Crippen LogP contribution in [0, 0.1) is 0 Å². The van der Waals surface area contributed by atoms with Gasteiger partial charge in [0.2, 0.25) is 0 Å². The zero-order valence-electron chi connectivity index (χ0n) is 8.80. The molecule has 1 aromatic rings. The van der Waals surface area contributed by atoms with Crippen molar-refractivity contribution in [3.05, 3.63) is 17.7 Å². The molecule has 8 nitrogen and oxygen atoms in total. The Morgan fingerprint density at radius 3 is 2.18 bits per heavy atom. The number of rotatable bonds is 2. The SMILES string of the molecule is O.O=C(O)c1cc(S(=O)(=O)O)c[c]([Hg])c1[O-].[NH4+]. The van der Waals surface area contributed by atoms with Gasteiger partial charge in [0, 0.05) is 0 Å². The summed E-state index contributed by atoms with van der Waals surface area (Å²) in [6, 6.07) is 1.67. The number of hydrogen-bond donors (Lipinski definition) is 3. The smallest absolute Gasteiger partial charge is 0.369 e. The first kappa shape index (κ1) is 18.6. The number of benzene rings is 1. The molecule has 0 saturated heterocycles. The minimum Gasteiger partial charge on any atom is -0.369 e. The predicted octanol–water partition coefficient (Wildman–Crippen LogP) is -1.57. The fourth-order valence-electron chi connectivity index (χ4n) is 0.968. The Balaban J connectivity index is 0. The van der Waals surface area contributed by atoms with Crippen LogP contribution >= 0.6 is 0 Å². The van der Waals surface area contributed by atoms with Gasteiger partial charge in [0.1, 0.15) is 0 Å². The van der Waals surface area contributed by atoms with Crippen molar-refractivity contribution in [1.82, 2.24) is 6.15 Å². The number of carboxylic acid groups (broad SMARTS) is 1. The largest absolute Gasteiger partial charge is 0.369 e. The second-order valence-electron chi connectivity index (χ2n) is 2.74. The standard InChI is InChI=1S/C7H5O6S.Hg.H3N.H2O/c8-6-2-1-4(14(11,12)13)3-5(6)7(9)10;;;/h1,3,8H,(H,9,10)(H,11,12,13);;1H3;1H2. The summed E-state index contributed by atoms with van der Waals surface area (Å²) in [5.74, 6) is -2.18. The first-order valence-electron chi connectivity index (χ1n) is 3.61. The number of carboxylic acids is 1. The van der Waals surface area contributed by atoms with Gasteiger partial charge in [-0.05, 0) is 0 Å². The molecule has 0 amide bonds. The average molecular weight is 453 g/mol. The monoisotopic (exact) mass is 454 g/mol. The molecule has 1 rings (SSSR count). The van der Waals surface area contributed by atoms with Crippen molar-refractivity contribution < 1.29 is 59.6 Å². The molecule has 0 aliphatic rings. The summed E-state index contributed by atoms with van der Waals surface area (Å²) in [4.78, 5) is 10.0. The molecule has 0 radical (unpaired) electrons. The van der Waals surface area contributed by atoms with E-state index in [4.69, 9.17) is 9.66 Å². The minimum absolute atomic E-state index is 0. The van der Waals surface area contributed by atoms with Crippen LogP contribution in [0.3, 0.4) is 0 Å². The Labute approximate surface area is 113 Å². The van der Waals surface area contributed by atoms with E-state index >= 15 is 0 Å². The fourth-order valence-corrected chi connectivity index (χ4v) is 3.70. The van der Waals surface area contributed by atoms with E-state index in [-0.39, 0.29) is 40.8 Å². The molecule has 0 fully saturated rings. The van der Waals surface area contributed by atoms with E-state index in [2.05, 4.69) is 0 Å². The van der Waals surface area contributed by atoms with E-state index in [0.29, 0.717) is 6.07 Å². The summed E-state index contributed by atoms with van der Waals surface area (Å²) < 4.78 is 30.4. The van der Waals surface area contributed by atoms with Gasteiger partial charge in [0.15, 0.2) is 0 Å². The maximum absolute atomic E-state index is 11.3. The predicted molar refractivity (Wildman–Crippen MR) is 51.9 cm³/mol. The second kappa shape index (κ2) is 6.26. The van der Waals surface area contributed by atoms with E-state index in [0.717, 1.165) is 6.07 Å². The molecule has 8 N–H and O–H groups in total. The third kappa shape index (κ3) is 4.20. The number of aromatic carboxylic acids is 1. The van der Waals surface area contributed by atoms with Crippen LogP contribution in [0.5, 0.6) is 5.75 Å². The molecule has 0 saturated carbocycles. The molecule has 10 heteroatoms. The van der Waals surface area contributed by atoms with Gasteiger partial charge in [0.25, 0.3) is 0 Å². The zero-order chi connectivity index (χ0) is 11.8. The van der Waals surface area contributed by atoms with Crippen molar-refractivity contribution in [2.24, 2.45) is 0 Å². The average Bonchev–Trinajstić information content (AvgIpc) is 2.06. The normalized spacial score (nSPS) is 10.1. The first-order chi connectivity index (χ1) is 6.73. The molecular formula is C7H10HgNO7S. The Morgan fingerprint density at radius 1 is 1.35 bits per heavy atom. The van der Waals surface area contributed by atoms with Crippen molar-refractivity contribution in [2.45, 2.75) is 4.90 Å². The molecule has 1 aromatic carbocycles. The maximum Gasteiger partial charge on any atom is -0.369 e. The first-order valence-corrected chi connectivity index (χ1v) is 7.80. The van der Waals surface area contributed by atoms with Crippen LogP contribution in [0.1, 0.15) is 10.4 Å².